The summed E-state index contributed by atoms with van der Waals surface area (Å²) in [6.45, 7) is 7.04. The van der Waals surface area contributed by atoms with Crippen LogP contribution < -0.4 is 10.1 Å². The molecule has 23 heavy (non-hydrogen) atoms. The second-order valence-corrected chi connectivity index (χ2v) is 6.64. The van der Waals surface area contributed by atoms with Crippen LogP contribution in [0.1, 0.15) is 30.9 Å². The number of rotatable bonds is 5. The van der Waals surface area contributed by atoms with Crippen LogP contribution in [0.2, 0.25) is 0 Å². The number of ether oxygens (including phenoxy) is 1. The zero-order valence-corrected chi connectivity index (χ0v) is 13.9. The minimum absolute atomic E-state index is 0.0215. The van der Waals surface area contributed by atoms with E-state index in [0.717, 1.165) is 49.9 Å². The van der Waals surface area contributed by atoms with Crippen molar-refractivity contribution in [1.82, 2.24) is 10.2 Å². The molecule has 3 rings (SSSR count). The topological polar surface area (TPSA) is 41.6 Å². The minimum atomic E-state index is -0.0215. The highest BCUT2D eigenvalue weighted by Crippen LogP contribution is 2.26. The van der Waals surface area contributed by atoms with Gasteiger partial charge >= 0.3 is 0 Å². The number of carbonyl (C=O) groups is 1. The van der Waals surface area contributed by atoms with Crippen molar-refractivity contribution in [1.29, 1.82) is 0 Å². The zero-order chi connectivity index (χ0) is 16.1. The number of hydrogen-bond donors (Lipinski definition) is 1. The smallest absolute Gasteiger partial charge is 0.244 e. The van der Waals surface area contributed by atoms with E-state index in [1.165, 1.54) is 18.4 Å². The molecule has 124 valence electrons. The lowest BCUT2D eigenvalue weighted by Gasteiger charge is -2.30. The Labute approximate surface area is 138 Å². The molecule has 1 aromatic rings. The first-order valence-corrected chi connectivity index (χ1v) is 8.65. The number of nitrogens with one attached hydrogen (secondary N) is 1. The lowest BCUT2D eigenvalue weighted by molar-refractivity contribution is -0.116. The largest absolute Gasteiger partial charge is 0.493 e. The monoisotopic (exact) mass is 314 g/mol. The van der Waals surface area contributed by atoms with Gasteiger partial charge in [-0.3, -0.25) is 4.79 Å². The molecule has 4 heteroatoms. The van der Waals surface area contributed by atoms with Gasteiger partial charge in [0.15, 0.2) is 0 Å². The van der Waals surface area contributed by atoms with Gasteiger partial charge in [0.1, 0.15) is 5.75 Å². The van der Waals surface area contributed by atoms with Gasteiger partial charge < -0.3 is 15.0 Å². The predicted molar refractivity (Wildman–Crippen MR) is 92.5 cm³/mol. The molecule has 2 heterocycles. The van der Waals surface area contributed by atoms with E-state index in [2.05, 4.69) is 23.2 Å². The van der Waals surface area contributed by atoms with Crippen molar-refractivity contribution in [3.63, 3.8) is 0 Å². The average molecular weight is 314 g/mol. The van der Waals surface area contributed by atoms with E-state index in [-0.39, 0.29) is 5.91 Å². The number of hydrogen-bond acceptors (Lipinski definition) is 3. The third kappa shape index (κ3) is 4.58. The maximum absolute atomic E-state index is 11.9. The van der Waals surface area contributed by atoms with Crippen molar-refractivity contribution < 1.29 is 9.53 Å². The molecule has 1 N–H and O–H groups in total. The first kappa shape index (κ1) is 16.1. The highest BCUT2D eigenvalue weighted by atomic mass is 16.5. The number of fused-ring (bicyclic) bond motifs is 1. The lowest BCUT2D eigenvalue weighted by atomic mass is 10.0. The summed E-state index contributed by atoms with van der Waals surface area (Å²) >= 11 is 0. The molecule has 0 aromatic heterocycles. The zero-order valence-electron chi connectivity index (χ0n) is 13.9. The Bertz CT molecular complexity index is 583. The Morgan fingerprint density at radius 1 is 1.48 bits per heavy atom. The number of carbonyl (C=O) groups excluding carboxylic acids is 1. The molecular formula is C19H26N2O2. The average Bonchev–Trinajstić information content (AvgIpc) is 3.00. The lowest BCUT2D eigenvalue weighted by Crippen LogP contribution is -2.39. The van der Waals surface area contributed by atoms with Gasteiger partial charge in [-0.2, -0.15) is 0 Å². The van der Waals surface area contributed by atoms with Crippen LogP contribution in [-0.2, 0) is 11.2 Å². The highest BCUT2D eigenvalue weighted by molar-refractivity contribution is 5.91. The number of amides is 1. The molecule has 1 amide bonds. The first-order valence-electron chi connectivity index (χ1n) is 8.65. The van der Waals surface area contributed by atoms with Crippen molar-refractivity contribution in [3.05, 3.63) is 35.4 Å². The summed E-state index contributed by atoms with van der Waals surface area (Å²) in [6, 6.07) is 6.07. The molecule has 0 aliphatic carbocycles. The van der Waals surface area contributed by atoms with E-state index in [1.54, 1.807) is 6.08 Å². The molecule has 0 bridgehead atoms. The Balaban J connectivity index is 1.42. The highest BCUT2D eigenvalue weighted by Gasteiger charge is 2.15. The second kappa shape index (κ2) is 7.64. The summed E-state index contributed by atoms with van der Waals surface area (Å²) in [7, 11) is 0. The summed E-state index contributed by atoms with van der Waals surface area (Å²) in [5.41, 5.74) is 2.28. The van der Waals surface area contributed by atoms with E-state index in [1.807, 2.05) is 18.2 Å². The minimum Gasteiger partial charge on any atom is -0.493 e. The summed E-state index contributed by atoms with van der Waals surface area (Å²) in [5.74, 6) is 1.73. The normalized spacial score (nSPS) is 21.2. The molecule has 0 radical (unpaired) electrons. The van der Waals surface area contributed by atoms with Crippen LogP contribution in [-0.4, -0.2) is 43.6 Å². The fourth-order valence-electron chi connectivity index (χ4n) is 3.37. The molecule has 0 saturated carbocycles. The molecule has 2 aliphatic rings. The van der Waals surface area contributed by atoms with Crippen molar-refractivity contribution >= 4 is 12.0 Å². The molecule has 1 unspecified atom stereocenters. The van der Waals surface area contributed by atoms with E-state index in [4.69, 9.17) is 4.74 Å². The Hall–Kier alpha value is -1.81. The van der Waals surface area contributed by atoms with Crippen molar-refractivity contribution in [2.24, 2.45) is 5.92 Å². The van der Waals surface area contributed by atoms with Gasteiger partial charge in [0, 0.05) is 32.1 Å². The molecular weight excluding hydrogens is 288 g/mol. The van der Waals surface area contributed by atoms with E-state index < -0.39 is 0 Å². The fraction of sp³-hybridized carbons (Fsp3) is 0.526. The predicted octanol–water partition coefficient (Wildman–Crippen LogP) is 2.48. The first-order chi connectivity index (χ1) is 11.2. The second-order valence-electron chi connectivity index (χ2n) is 6.64. The Morgan fingerprint density at radius 2 is 2.39 bits per heavy atom. The van der Waals surface area contributed by atoms with E-state index in [0.29, 0.717) is 6.54 Å². The fourth-order valence-corrected chi connectivity index (χ4v) is 3.37. The van der Waals surface area contributed by atoms with Crippen molar-refractivity contribution in [2.45, 2.75) is 26.2 Å². The van der Waals surface area contributed by atoms with Gasteiger partial charge in [0.05, 0.1) is 6.61 Å². The van der Waals surface area contributed by atoms with Crippen LogP contribution in [0.5, 0.6) is 5.75 Å². The summed E-state index contributed by atoms with van der Waals surface area (Å²) < 4.78 is 5.49. The van der Waals surface area contributed by atoms with Gasteiger partial charge in [0.2, 0.25) is 5.91 Å². The quantitative estimate of drug-likeness (QED) is 0.849. The van der Waals surface area contributed by atoms with Gasteiger partial charge in [-0.25, -0.2) is 0 Å². The standard InChI is InChI=1S/C19H26N2O2/c1-15-3-2-10-21(14-15)11-9-20-19(22)7-5-16-4-6-18-17(13-16)8-12-23-18/h4-7,13,15H,2-3,8-12,14H2,1H3,(H,20,22). The molecule has 1 aromatic carbocycles. The number of piperidine rings is 1. The van der Waals surface area contributed by atoms with Crippen LogP contribution in [0.25, 0.3) is 6.08 Å². The van der Waals surface area contributed by atoms with Crippen molar-refractivity contribution in [3.8, 4) is 5.75 Å². The van der Waals surface area contributed by atoms with Crippen molar-refractivity contribution in [2.75, 3.05) is 32.8 Å². The molecule has 2 aliphatic heterocycles. The number of likely N-dealkylation sites (tertiary alicyclic amines) is 1. The number of benzene rings is 1. The molecule has 4 nitrogen and oxygen atoms in total. The Kier molecular flexibility index (Phi) is 5.34. The maximum atomic E-state index is 11.9. The molecule has 1 fully saturated rings. The van der Waals surface area contributed by atoms with Gasteiger partial charge in [0.25, 0.3) is 0 Å². The third-order valence-electron chi connectivity index (χ3n) is 4.61. The molecule has 0 spiro atoms. The summed E-state index contributed by atoms with van der Waals surface area (Å²) in [6.07, 6.45) is 7.05. The number of nitrogens with zero attached hydrogens (tertiary/aromatic N) is 1. The van der Waals surface area contributed by atoms with Crippen LogP contribution in [0, 0.1) is 5.92 Å². The SMILES string of the molecule is CC1CCCN(CCNC(=O)C=Cc2ccc3c(c2)CCO3)C1. The summed E-state index contributed by atoms with van der Waals surface area (Å²) in [5, 5.41) is 2.98. The van der Waals surface area contributed by atoms with Gasteiger partial charge in [-0.1, -0.05) is 13.0 Å². The van der Waals surface area contributed by atoms with Crippen LogP contribution in [0.3, 0.4) is 0 Å². The van der Waals surface area contributed by atoms with E-state index >= 15 is 0 Å². The molecule has 1 saturated heterocycles. The van der Waals surface area contributed by atoms with E-state index in [9.17, 15) is 4.79 Å². The summed E-state index contributed by atoms with van der Waals surface area (Å²) in [4.78, 5) is 14.4. The maximum Gasteiger partial charge on any atom is 0.244 e. The van der Waals surface area contributed by atoms with Crippen LogP contribution >= 0.6 is 0 Å². The van der Waals surface area contributed by atoms with Gasteiger partial charge in [-0.05, 0) is 54.6 Å². The third-order valence-corrected chi connectivity index (χ3v) is 4.61. The van der Waals surface area contributed by atoms with Gasteiger partial charge in [-0.15, -0.1) is 0 Å². The van der Waals surface area contributed by atoms with Crippen LogP contribution in [0.4, 0.5) is 0 Å². The Morgan fingerprint density at radius 3 is 3.26 bits per heavy atom. The molecule has 1 atom stereocenters. The van der Waals surface area contributed by atoms with Crippen LogP contribution in [0.15, 0.2) is 24.3 Å².